The van der Waals surface area contributed by atoms with Crippen LogP contribution in [0.3, 0.4) is 0 Å². The number of nitrogens with zero attached hydrogens (tertiary/aromatic N) is 1. The van der Waals surface area contributed by atoms with E-state index in [2.05, 4.69) is 77.4 Å². The molecule has 0 N–H and O–H groups in total. The predicted octanol–water partition coefficient (Wildman–Crippen LogP) is 5.15. The van der Waals surface area contributed by atoms with Crippen molar-refractivity contribution in [2.75, 3.05) is 20.6 Å². The van der Waals surface area contributed by atoms with Crippen LogP contribution in [0.25, 0.3) is 5.57 Å². The summed E-state index contributed by atoms with van der Waals surface area (Å²) in [7, 11) is 4.21. The number of hydrogen-bond acceptors (Lipinski definition) is 2. The van der Waals surface area contributed by atoms with Crippen LogP contribution in [0.15, 0.2) is 53.0 Å². The van der Waals surface area contributed by atoms with E-state index >= 15 is 0 Å². The fourth-order valence-corrected chi connectivity index (χ4v) is 3.24. The van der Waals surface area contributed by atoms with Crippen LogP contribution in [0, 0.1) is 0 Å². The molecule has 1 aliphatic rings. The highest BCUT2D eigenvalue weighted by Gasteiger charge is 2.20. The Balaban J connectivity index is 0.00000192. The summed E-state index contributed by atoms with van der Waals surface area (Å²) in [5.41, 5.74) is 4.95. The van der Waals surface area contributed by atoms with Crippen molar-refractivity contribution >= 4 is 33.9 Å². The Morgan fingerprint density at radius 2 is 1.83 bits per heavy atom. The van der Waals surface area contributed by atoms with Crippen molar-refractivity contribution in [3.8, 4) is 5.75 Å². The number of para-hydroxylation sites is 1. The summed E-state index contributed by atoms with van der Waals surface area (Å²) in [6, 6.07) is 14.8. The summed E-state index contributed by atoms with van der Waals surface area (Å²) in [5, 5.41) is 0. The second-order valence-electron chi connectivity index (χ2n) is 5.77. The number of rotatable bonds is 3. The van der Waals surface area contributed by atoms with E-state index in [4.69, 9.17) is 4.74 Å². The Bertz CT molecular complexity index is 712. The van der Waals surface area contributed by atoms with Crippen molar-refractivity contribution in [2.24, 2.45) is 0 Å². The molecule has 0 atom stereocenters. The molecule has 0 bridgehead atoms. The lowest BCUT2D eigenvalue weighted by molar-refractivity contribution is 0.305. The van der Waals surface area contributed by atoms with Crippen LogP contribution in [-0.4, -0.2) is 25.5 Å². The zero-order valence-corrected chi connectivity index (χ0v) is 15.8. The van der Waals surface area contributed by atoms with Gasteiger partial charge in [0.1, 0.15) is 12.4 Å². The van der Waals surface area contributed by atoms with E-state index in [1.54, 1.807) is 0 Å². The lowest BCUT2D eigenvalue weighted by atomic mass is 9.93. The average molecular weight is 395 g/mol. The molecule has 0 aliphatic carbocycles. The SMILES string of the molecule is CN(C)CC/C=C1/c2ccccc2COc2c(Br)cccc21.Cl. The monoisotopic (exact) mass is 393 g/mol. The van der Waals surface area contributed by atoms with Crippen LogP contribution in [0.1, 0.15) is 23.1 Å². The van der Waals surface area contributed by atoms with Gasteiger partial charge in [-0.1, -0.05) is 42.5 Å². The maximum Gasteiger partial charge on any atom is 0.141 e. The molecular formula is C19H21BrClNO. The molecule has 3 rings (SSSR count). The summed E-state index contributed by atoms with van der Waals surface area (Å²) < 4.78 is 7.08. The molecule has 4 heteroatoms. The van der Waals surface area contributed by atoms with Gasteiger partial charge in [-0.3, -0.25) is 0 Å². The van der Waals surface area contributed by atoms with Crippen LogP contribution in [0.4, 0.5) is 0 Å². The van der Waals surface area contributed by atoms with Gasteiger partial charge >= 0.3 is 0 Å². The molecule has 0 saturated carbocycles. The highest BCUT2D eigenvalue weighted by Crippen LogP contribution is 2.40. The minimum Gasteiger partial charge on any atom is -0.487 e. The van der Waals surface area contributed by atoms with Crippen molar-refractivity contribution in [1.29, 1.82) is 0 Å². The Morgan fingerprint density at radius 1 is 1.09 bits per heavy atom. The smallest absolute Gasteiger partial charge is 0.141 e. The molecule has 0 unspecified atom stereocenters. The zero-order valence-electron chi connectivity index (χ0n) is 13.4. The second kappa shape index (κ2) is 8.00. The topological polar surface area (TPSA) is 12.5 Å². The highest BCUT2D eigenvalue weighted by molar-refractivity contribution is 9.10. The first-order valence-corrected chi connectivity index (χ1v) is 8.31. The first kappa shape index (κ1) is 18.1. The Hall–Kier alpha value is -1.29. The molecule has 2 aromatic carbocycles. The summed E-state index contributed by atoms with van der Waals surface area (Å²) in [6.45, 7) is 1.65. The zero-order chi connectivity index (χ0) is 15.5. The fourth-order valence-electron chi connectivity index (χ4n) is 2.76. The second-order valence-corrected chi connectivity index (χ2v) is 6.63. The molecule has 1 aliphatic heterocycles. The van der Waals surface area contributed by atoms with Gasteiger partial charge in [-0.2, -0.15) is 0 Å². The predicted molar refractivity (Wildman–Crippen MR) is 102 cm³/mol. The quantitative estimate of drug-likeness (QED) is 0.714. The first-order valence-electron chi connectivity index (χ1n) is 7.51. The molecule has 0 aromatic heterocycles. The number of benzene rings is 2. The third-order valence-electron chi connectivity index (χ3n) is 3.86. The van der Waals surface area contributed by atoms with Gasteiger partial charge in [0.25, 0.3) is 0 Å². The van der Waals surface area contributed by atoms with Crippen LogP contribution >= 0.6 is 28.3 Å². The Kier molecular flexibility index (Phi) is 6.28. The number of fused-ring (bicyclic) bond motifs is 2. The van der Waals surface area contributed by atoms with E-state index in [9.17, 15) is 0 Å². The van der Waals surface area contributed by atoms with Gasteiger partial charge < -0.3 is 9.64 Å². The maximum atomic E-state index is 6.07. The summed E-state index contributed by atoms with van der Waals surface area (Å²) in [4.78, 5) is 2.21. The van der Waals surface area contributed by atoms with E-state index in [1.807, 2.05) is 6.07 Å². The van der Waals surface area contributed by atoms with E-state index < -0.39 is 0 Å². The summed E-state index contributed by atoms with van der Waals surface area (Å²) >= 11 is 3.62. The van der Waals surface area contributed by atoms with E-state index in [-0.39, 0.29) is 12.4 Å². The van der Waals surface area contributed by atoms with E-state index in [1.165, 1.54) is 16.7 Å². The van der Waals surface area contributed by atoms with Gasteiger partial charge in [-0.25, -0.2) is 0 Å². The minimum absolute atomic E-state index is 0. The van der Waals surface area contributed by atoms with Gasteiger partial charge in [0, 0.05) is 12.1 Å². The molecule has 2 aromatic rings. The average Bonchev–Trinajstić information content (AvgIpc) is 2.66. The van der Waals surface area contributed by atoms with Gasteiger partial charge in [-0.15, -0.1) is 12.4 Å². The molecule has 0 fully saturated rings. The van der Waals surface area contributed by atoms with E-state index in [0.29, 0.717) is 6.61 Å². The van der Waals surface area contributed by atoms with Crippen molar-refractivity contribution in [1.82, 2.24) is 4.90 Å². The standard InChI is InChI=1S/C19H20BrNO.ClH/c1-21(2)12-6-10-16-15-8-4-3-7-14(15)13-22-19-17(16)9-5-11-18(19)20;/h3-5,7-11H,6,12-13H2,1-2H3;1H/b16-10-;. The van der Waals surface area contributed by atoms with Crippen LogP contribution in [0.5, 0.6) is 5.75 Å². The third kappa shape index (κ3) is 3.97. The van der Waals surface area contributed by atoms with Gasteiger partial charge in [0.15, 0.2) is 0 Å². The van der Waals surface area contributed by atoms with E-state index in [0.717, 1.165) is 28.8 Å². The van der Waals surface area contributed by atoms with Crippen molar-refractivity contribution in [3.05, 3.63) is 69.7 Å². The van der Waals surface area contributed by atoms with Crippen LogP contribution < -0.4 is 4.74 Å². The molecule has 1 heterocycles. The molecule has 0 saturated heterocycles. The molecular weight excluding hydrogens is 374 g/mol. The number of halogens is 2. The van der Waals surface area contributed by atoms with Gasteiger partial charge in [0.05, 0.1) is 4.47 Å². The molecule has 0 radical (unpaired) electrons. The molecule has 122 valence electrons. The minimum atomic E-state index is 0. The number of hydrogen-bond donors (Lipinski definition) is 0. The van der Waals surface area contributed by atoms with Crippen LogP contribution in [0.2, 0.25) is 0 Å². The normalized spacial score (nSPS) is 14.5. The Labute approximate surface area is 152 Å². The van der Waals surface area contributed by atoms with Gasteiger partial charge in [0.2, 0.25) is 0 Å². The first-order chi connectivity index (χ1) is 10.7. The molecule has 0 amide bonds. The maximum absolute atomic E-state index is 6.07. The highest BCUT2D eigenvalue weighted by atomic mass is 79.9. The third-order valence-corrected chi connectivity index (χ3v) is 4.49. The van der Waals surface area contributed by atoms with Crippen molar-refractivity contribution in [3.63, 3.8) is 0 Å². The van der Waals surface area contributed by atoms with Crippen molar-refractivity contribution < 1.29 is 4.74 Å². The van der Waals surface area contributed by atoms with Crippen LogP contribution in [-0.2, 0) is 6.61 Å². The number of ether oxygens (including phenoxy) is 1. The summed E-state index contributed by atoms with van der Waals surface area (Å²) in [6.07, 6.45) is 3.35. The van der Waals surface area contributed by atoms with Crippen molar-refractivity contribution in [2.45, 2.75) is 13.0 Å². The fraction of sp³-hybridized carbons (Fsp3) is 0.263. The van der Waals surface area contributed by atoms with Gasteiger partial charge in [-0.05, 0) is 59.2 Å². The largest absolute Gasteiger partial charge is 0.487 e. The molecule has 0 spiro atoms. The molecule has 2 nitrogen and oxygen atoms in total. The summed E-state index contributed by atoms with van der Waals surface area (Å²) in [5.74, 6) is 0.940. The Morgan fingerprint density at radius 3 is 2.61 bits per heavy atom. The lowest BCUT2D eigenvalue weighted by Gasteiger charge is -2.13. The lowest BCUT2D eigenvalue weighted by Crippen LogP contribution is -2.12. The molecule has 23 heavy (non-hydrogen) atoms.